The molecule has 652 valence electrons. The van der Waals surface area contributed by atoms with Crippen LogP contribution in [0.5, 0.6) is 0 Å². The van der Waals surface area contributed by atoms with Gasteiger partial charge in [0, 0.05) is 38.6 Å². The molecule has 0 aromatic carbocycles. The molecule has 5 fully saturated rings. The summed E-state index contributed by atoms with van der Waals surface area (Å²) in [5.74, 6) is 7.95. The normalized spacial score (nSPS) is 38.2. The Morgan fingerprint density at radius 3 is 1.23 bits per heavy atom. The van der Waals surface area contributed by atoms with E-state index in [2.05, 4.69) is 217 Å². The van der Waals surface area contributed by atoms with Crippen molar-refractivity contribution in [1.29, 1.82) is 0 Å². The Bertz CT molecular complexity index is 3280. The molecule has 22 unspecified atom stereocenters. The predicted molar refractivity (Wildman–Crippen MR) is 477 cm³/mol. The van der Waals surface area contributed by atoms with E-state index in [1.807, 2.05) is 34.8 Å². The van der Waals surface area contributed by atoms with Crippen molar-refractivity contribution in [3.05, 3.63) is 69.4 Å². The molecule has 0 aromatic rings. The lowest BCUT2D eigenvalue weighted by Gasteiger charge is -2.53. The molecule has 0 spiro atoms. The number of carbonyl (C=O) groups is 1. The van der Waals surface area contributed by atoms with E-state index < -0.39 is 5.60 Å². The third-order valence-corrected chi connectivity index (χ3v) is 36.2. The molecule has 9 nitrogen and oxygen atoms in total. The number of methoxy groups -OCH3 is 2. The molecule has 12 rings (SSSR count). The van der Waals surface area contributed by atoms with Crippen molar-refractivity contribution in [3.8, 4) is 0 Å². The second kappa shape index (κ2) is 38.4. The molecule has 0 aromatic heterocycles. The average Bonchev–Trinajstić information content (AvgIpc) is 0.746. The number of carbonyl (C=O) groups excluding carboxylic acids is 1. The quantitative estimate of drug-likeness (QED) is 0.0716. The zero-order chi connectivity index (χ0) is 85.0. The lowest BCUT2D eigenvalue weighted by Crippen LogP contribution is -2.49. The van der Waals surface area contributed by atoms with Crippen molar-refractivity contribution in [3.63, 3.8) is 0 Å². The highest BCUT2D eigenvalue weighted by Crippen LogP contribution is 2.63. The van der Waals surface area contributed by atoms with Gasteiger partial charge in [0.2, 0.25) is 0 Å². The summed E-state index contributed by atoms with van der Waals surface area (Å²) in [4.78, 5) is 11.3. The van der Waals surface area contributed by atoms with E-state index in [4.69, 9.17) is 28.4 Å². The Morgan fingerprint density at radius 2 is 0.858 bits per heavy atom. The molecule has 2 N–H and O–H groups in total. The standard InChI is InChI=1S/C18H32O2.C18H30O2.C18H32O2.2C17H30O.C16H28O/c1-13-10-15-8-7-9-17(3,4)16(15)11-18(13,5)14(2)20-12-19-6;1-12-10-15-8-7-9-17(4,5)16(15)11-18(12,6)13(2)20-14(3)19;1-6-19-12-20-14(3)16-11-17-15(10-13(16)2)8-7-9-18(17,4)5;1-12-10-13-8-7-9-15(2,3)14(13)11-17(12,6)16(4,5)18;1-12-10-14-8-7-9-16(3,4)15(14)11-17(12,5)13(2)18-6;1-11-9-13-7-6-8-15(3,4)14(13)10-16(11,5)12(2)17/h8,13-14,16H,7,9-12H2,1-6H3;8,12-13,16H,7,9-11H2,1-6H3;8,13-14,16-17H,6-7,9-12H2,1-5H3;12,18H,7-11H2,1-6H3;8,12-13,15H,7,9-11H2,1-6H3;7,11-12,14,17H,6,8-10H2,1-5H3. The number of rotatable bonds is 15. The number of ether oxygens (including phenoxy) is 6. The van der Waals surface area contributed by atoms with Gasteiger partial charge in [-0.05, 0) is 336 Å². The molecule has 12 aliphatic carbocycles. The SMILES string of the molecule is CC(=O)OC(C)C1(C)CC2C(=CCCC2(C)C)CC1C.CC(O)C1(C)CC2C(=CCCC2(C)C)CC1C.CC1CC2=C(CC1(C)C(C)(C)O)C(C)(C)CCC2.CCOCOC(C)C1CC2C(=CCCC2(C)C)CC1C.COC(C)C1(C)CC2C(=CCCC2(C)C)CC1C.COCOC(C)C1(C)CC2C(=CCCC2(C)C)CC1C. The van der Waals surface area contributed by atoms with Gasteiger partial charge in [-0.1, -0.05) is 229 Å². The molecule has 0 radical (unpaired) electrons. The summed E-state index contributed by atoms with van der Waals surface area (Å²) in [5, 5.41) is 20.8. The number of allylic oxidation sites excluding steroid dienone is 12. The molecule has 113 heavy (non-hydrogen) atoms. The number of fused-ring (bicyclic) bond motifs is 5. The van der Waals surface area contributed by atoms with Crippen molar-refractivity contribution < 1.29 is 43.4 Å². The lowest BCUT2D eigenvalue weighted by molar-refractivity contribution is -0.156. The summed E-state index contributed by atoms with van der Waals surface area (Å²) >= 11 is 0. The second-order valence-electron chi connectivity index (χ2n) is 46.2. The topological polar surface area (TPSA) is 113 Å². The van der Waals surface area contributed by atoms with E-state index in [-0.39, 0.29) is 45.9 Å². The van der Waals surface area contributed by atoms with E-state index in [1.54, 1.807) is 46.1 Å². The summed E-state index contributed by atoms with van der Waals surface area (Å²) in [5.41, 5.74) is 14.5. The van der Waals surface area contributed by atoms with Crippen LogP contribution in [0.2, 0.25) is 0 Å². The maximum absolute atomic E-state index is 11.3. The van der Waals surface area contributed by atoms with Crippen LogP contribution in [0.15, 0.2) is 69.4 Å². The monoisotopic (exact) mass is 1580 g/mol. The van der Waals surface area contributed by atoms with Gasteiger partial charge in [0.25, 0.3) is 0 Å². The van der Waals surface area contributed by atoms with Crippen molar-refractivity contribution in [1.82, 2.24) is 0 Å². The smallest absolute Gasteiger partial charge is 0.302 e. The predicted octanol–water partition coefficient (Wildman–Crippen LogP) is 28.0. The van der Waals surface area contributed by atoms with Crippen molar-refractivity contribution in [2.75, 3.05) is 34.4 Å². The summed E-state index contributed by atoms with van der Waals surface area (Å²) in [7, 11) is 3.56. The molecule has 0 amide bonds. The zero-order valence-electron chi connectivity index (χ0n) is 80.3. The van der Waals surface area contributed by atoms with Crippen LogP contribution >= 0.6 is 0 Å². The second-order valence-corrected chi connectivity index (χ2v) is 46.2. The lowest BCUT2D eigenvalue weighted by atomic mass is 9.53. The first-order valence-electron chi connectivity index (χ1n) is 46.7. The highest BCUT2D eigenvalue weighted by Gasteiger charge is 2.55. The van der Waals surface area contributed by atoms with Crippen LogP contribution in [0.3, 0.4) is 0 Å². The van der Waals surface area contributed by atoms with Crippen LogP contribution in [0.1, 0.15) is 382 Å². The van der Waals surface area contributed by atoms with Crippen molar-refractivity contribution in [2.45, 2.75) is 418 Å². The average molecular weight is 1580 g/mol. The fourth-order valence-corrected chi connectivity index (χ4v) is 24.8. The zero-order valence-corrected chi connectivity index (χ0v) is 80.3. The summed E-state index contributed by atoms with van der Waals surface area (Å²) < 4.78 is 33.5. The highest BCUT2D eigenvalue weighted by atomic mass is 16.7. The molecule has 0 aliphatic heterocycles. The Labute approximate surface area is 698 Å². The third kappa shape index (κ3) is 22.3. The molecule has 5 saturated carbocycles. The Hall–Kier alpha value is -2.37. The van der Waals surface area contributed by atoms with E-state index in [9.17, 15) is 15.0 Å². The van der Waals surface area contributed by atoms with Crippen molar-refractivity contribution >= 4 is 5.97 Å². The van der Waals surface area contributed by atoms with Gasteiger partial charge in [0.15, 0.2) is 0 Å². The van der Waals surface area contributed by atoms with E-state index in [0.717, 1.165) is 61.9 Å². The molecule has 0 bridgehead atoms. The summed E-state index contributed by atoms with van der Waals surface area (Å²) in [6.45, 7) is 74.8. The number of aliphatic hydroxyl groups is 2. The number of esters is 1. The fourth-order valence-electron chi connectivity index (χ4n) is 24.8. The first kappa shape index (κ1) is 97.7. The van der Waals surface area contributed by atoms with Gasteiger partial charge in [0.05, 0.1) is 30.0 Å². The van der Waals surface area contributed by atoms with Gasteiger partial charge in [0.1, 0.15) is 19.7 Å². The molecule has 22 atom stereocenters. The molecular formula is C104H182O9. The van der Waals surface area contributed by atoms with Crippen LogP contribution in [-0.2, 0) is 33.2 Å². The molecular weight excluding hydrogens is 1390 g/mol. The largest absolute Gasteiger partial charge is 0.462 e. The molecule has 12 aliphatic rings. The summed E-state index contributed by atoms with van der Waals surface area (Å²) in [6, 6.07) is 0. The van der Waals surface area contributed by atoms with E-state index >= 15 is 0 Å². The Morgan fingerprint density at radius 1 is 0.487 bits per heavy atom. The Kier molecular flexibility index (Phi) is 33.2. The summed E-state index contributed by atoms with van der Waals surface area (Å²) in [6.07, 6.45) is 44.6. The van der Waals surface area contributed by atoms with Crippen LogP contribution in [0.4, 0.5) is 0 Å². The number of aliphatic hydroxyl groups excluding tert-OH is 1. The minimum Gasteiger partial charge on any atom is -0.462 e. The van der Waals surface area contributed by atoms with Gasteiger partial charge in [-0.15, -0.1) is 0 Å². The highest BCUT2D eigenvalue weighted by molar-refractivity contribution is 5.66. The molecule has 0 saturated heterocycles. The first-order chi connectivity index (χ1) is 52.1. The van der Waals surface area contributed by atoms with E-state index in [0.29, 0.717) is 105 Å². The first-order valence-corrected chi connectivity index (χ1v) is 46.7. The van der Waals surface area contributed by atoms with Gasteiger partial charge < -0.3 is 38.6 Å². The number of hydrogen-bond acceptors (Lipinski definition) is 9. The van der Waals surface area contributed by atoms with Gasteiger partial charge >= 0.3 is 5.97 Å². The molecule has 0 heterocycles. The Balaban J connectivity index is 0.000000188. The van der Waals surface area contributed by atoms with Gasteiger partial charge in [-0.2, -0.15) is 0 Å². The van der Waals surface area contributed by atoms with Crippen LogP contribution in [0.25, 0.3) is 0 Å². The third-order valence-electron chi connectivity index (χ3n) is 36.2. The van der Waals surface area contributed by atoms with Crippen LogP contribution < -0.4 is 0 Å². The van der Waals surface area contributed by atoms with E-state index in [1.165, 1.54) is 142 Å². The van der Waals surface area contributed by atoms with Gasteiger partial charge in [-0.3, -0.25) is 4.79 Å². The van der Waals surface area contributed by atoms with Crippen molar-refractivity contribution in [2.24, 2.45) is 131 Å². The number of hydrogen-bond donors (Lipinski definition) is 2. The minimum absolute atomic E-state index is 0.00530. The maximum Gasteiger partial charge on any atom is 0.302 e. The fraction of sp³-hybridized carbons (Fsp3) is 0.875. The maximum atomic E-state index is 11.3. The van der Waals surface area contributed by atoms with Crippen LogP contribution in [-0.4, -0.2) is 86.7 Å². The molecule has 9 heteroatoms. The van der Waals surface area contributed by atoms with Crippen LogP contribution in [0, 0.1) is 131 Å². The minimum atomic E-state index is -0.599. The van der Waals surface area contributed by atoms with Gasteiger partial charge in [-0.25, -0.2) is 0 Å².